The van der Waals surface area contributed by atoms with Crippen molar-refractivity contribution in [3.8, 4) is 17.3 Å². The van der Waals surface area contributed by atoms with Crippen molar-refractivity contribution in [2.45, 2.75) is 13.5 Å². The average molecular weight is 522 g/mol. The molecule has 9 heteroatoms. The summed E-state index contributed by atoms with van der Waals surface area (Å²) in [7, 11) is 1.64. The largest absolute Gasteiger partial charge is 0.497 e. The predicted octanol–water partition coefficient (Wildman–Crippen LogP) is 3.03. The van der Waals surface area contributed by atoms with Crippen LogP contribution in [0.1, 0.15) is 12.5 Å². The highest BCUT2D eigenvalue weighted by Gasteiger charge is 2.02. The van der Waals surface area contributed by atoms with E-state index in [4.69, 9.17) is 9.47 Å². The van der Waals surface area contributed by atoms with Crippen LogP contribution in [0.2, 0.25) is 0 Å². The second-order valence-corrected chi connectivity index (χ2v) is 6.12. The molecule has 2 aromatic heterocycles. The number of rotatable bonds is 9. The maximum absolute atomic E-state index is 5.74. The normalized spacial score (nSPS) is 10.8. The molecule has 0 aliphatic rings. The summed E-state index contributed by atoms with van der Waals surface area (Å²) in [4.78, 5) is 8.98. The number of methoxy groups -OCH3 is 1. The highest BCUT2D eigenvalue weighted by atomic mass is 127. The van der Waals surface area contributed by atoms with Crippen molar-refractivity contribution in [2.75, 3.05) is 26.8 Å². The fourth-order valence-corrected chi connectivity index (χ4v) is 2.61. The van der Waals surface area contributed by atoms with Crippen LogP contribution in [0.15, 0.2) is 66.0 Å². The number of nitrogens with one attached hydrogen (secondary N) is 2. The first-order chi connectivity index (χ1) is 14.3. The highest BCUT2D eigenvalue weighted by molar-refractivity contribution is 14.0. The van der Waals surface area contributed by atoms with Gasteiger partial charge in [0, 0.05) is 25.1 Å². The zero-order chi connectivity index (χ0) is 20.3. The Kier molecular flexibility index (Phi) is 9.92. The summed E-state index contributed by atoms with van der Waals surface area (Å²) in [5.41, 5.74) is 1.05. The Morgan fingerprint density at radius 3 is 2.60 bits per heavy atom. The van der Waals surface area contributed by atoms with Crippen LogP contribution in [0.3, 0.4) is 0 Å². The van der Waals surface area contributed by atoms with E-state index in [0.29, 0.717) is 19.7 Å². The van der Waals surface area contributed by atoms with E-state index in [1.165, 1.54) is 0 Å². The third-order valence-electron chi connectivity index (χ3n) is 4.04. The third-order valence-corrected chi connectivity index (χ3v) is 4.04. The van der Waals surface area contributed by atoms with Gasteiger partial charge in [0.15, 0.2) is 11.8 Å². The lowest BCUT2D eigenvalue weighted by Gasteiger charge is -2.12. The molecule has 2 N–H and O–H groups in total. The van der Waals surface area contributed by atoms with Gasteiger partial charge in [0.05, 0.1) is 20.2 Å². The molecule has 0 aliphatic heterocycles. The topological polar surface area (TPSA) is 85.6 Å². The minimum atomic E-state index is 0. The van der Waals surface area contributed by atoms with Gasteiger partial charge in [-0.15, -0.1) is 24.0 Å². The fourth-order valence-electron chi connectivity index (χ4n) is 2.61. The number of hydrogen-bond donors (Lipinski definition) is 2. The average Bonchev–Trinajstić information content (AvgIpc) is 3.30. The van der Waals surface area contributed by atoms with Crippen molar-refractivity contribution in [1.82, 2.24) is 25.4 Å². The monoisotopic (exact) mass is 522 g/mol. The molecular formula is C21H27IN6O2. The first kappa shape index (κ1) is 23.5. The molecule has 0 radical (unpaired) electrons. The van der Waals surface area contributed by atoms with Crippen LogP contribution in [0.25, 0.3) is 5.82 Å². The second-order valence-electron chi connectivity index (χ2n) is 6.12. The molecule has 3 rings (SSSR count). The van der Waals surface area contributed by atoms with E-state index in [0.717, 1.165) is 35.4 Å². The van der Waals surface area contributed by atoms with Crippen molar-refractivity contribution < 1.29 is 9.47 Å². The Morgan fingerprint density at radius 1 is 1.10 bits per heavy atom. The van der Waals surface area contributed by atoms with Crippen LogP contribution in [0.4, 0.5) is 0 Å². The van der Waals surface area contributed by atoms with E-state index >= 15 is 0 Å². The molecule has 0 amide bonds. The maximum Gasteiger partial charge on any atom is 0.191 e. The van der Waals surface area contributed by atoms with Crippen LogP contribution in [0.5, 0.6) is 11.5 Å². The molecule has 2 heterocycles. The minimum absolute atomic E-state index is 0. The van der Waals surface area contributed by atoms with Crippen LogP contribution in [-0.4, -0.2) is 47.5 Å². The number of nitrogens with zero attached hydrogens (tertiary/aromatic N) is 4. The van der Waals surface area contributed by atoms with E-state index in [-0.39, 0.29) is 24.0 Å². The molecule has 8 nitrogen and oxygen atoms in total. The molecule has 0 unspecified atom stereocenters. The van der Waals surface area contributed by atoms with E-state index < -0.39 is 0 Å². The van der Waals surface area contributed by atoms with Gasteiger partial charge in [0.2, 0.25) is 0 Å². The van der Waals surface area contributed by atoms with E-state index in [9.17, 15) is 0 Å². The molecule has 0 bridgehead atoms. The summed E-state index contributed by atoms with van der Waals surface area (Å²) >= 11 is 0. The first-order valence-electron chi connectivity index (χ1n) is 9.52. The number of aromatic nitrogens is 3. The van der Waals surface area contributed by atoms with Gasteiger partial charge < -0.3 is 20.1 Å². The molecule has 3 aromatic rings. The minimum Gasteiger partial charge on any atom is -0.497 e. The summed E-state index contributed by atoms with van der Waals surface area (Å²) in [6.07, 6.45) is 5.36. The molecular weight excluding hydrogens is 495 g/mol. The van der Waals surface area contributed by atoms with E-state index in [1.54, 1.807) is 24.2 Å². The van der Waals surface area contributed by atoms with Gasteiger partial charge in [0.1, 0.15) is 18.1 Å². The van der Waals surface area contributed by atoms with E-state index in [2.05, 4.69) is 25.7 Å². The van der Waals surface area contributed by atoms with E-state index in [1.807, 2.05) is 55.6 Å². The lowest BCUT2D eigenvalue weighted by molar-refractivity contribution is 0.321. The molecule has 0 spiro atoms. The van der Waals surface area contributed by atoms with Gasteiger partial charge >= 0.3 is 0 Å². The lowest BCUT2D eigenvalue weighted by Crippen LogP contribution is -2.39. The van der Waals surface area contributed by atoms with Crippen LogP contribution in [0, 0.1) is 0 Å². The second kappa shape index (κ2) is 12.7. The summed E-state index contributed by atoms with van der Waals surface area (Å²) < 4.78 is 12.6. The Labute approximate surface area is 193 Å². The number of hydrogen-bond acceptors (Lipinski definition) is 5. The Morgan fingerprint density at radius 2 is 1.90 bits per heavy atom. The molecule has 160 valence electrons. The molecule has 30 heavy (non-hydrogen) atoms. The van der Waals surface area contributed by atoms with Crippen molar-refractivity contribution in [3.63, 3.8) is 0 Å². The number of guanidine groups is 1. The summed E-state index contributed by atoms with van der Waals surface area (Å²) in [5, 5.41) is 10.7. The molecule has 0 atom stereocenters. The summed E-state index contributed by atoms with van der Waals surface area (Å²) in [5.74, 6) is 3.12. The first-order valence-corrected chi connectivity index (χ1v) is 9.52. The van der Waals surface area contributed by atoms with Crippen molar-refractivity contribution >= 4 is 29.9 Å². The van der Waals surface area contributed by atoms with Crippen LogP contribution in [-0.2, 0) is 6.54 Å². The predicted molar refractivity (Wildman–Crippen MR) is 128 cm³/mol. The number of ether oxygens (including phenoxy) is 2. The molecule has 0 aliphatic carbocycles. The zero-order valence-corrected chi connectivity index (χ0v) is 19.4. The van der Waals surface area contributed by atoms with Gasteiger partial charge in [-0.3, -0.25) is 0 Å². The number of halogens is 1. The number of pyridine rings is 1. The SMILES string of the molecule is CCNC(=NCc1ccnc(-n2cccn2)c1)NCCOc1ccc(OC)cc1.I. The van der Waals surface area contributed by atoms with Gasteiger partial charge in [-0.05, 0) is 55.0 Å². The van der Waals surface area contributed by atoms with Crippen molar-refractivity contribution in [2.24, 2.45) is 4.99 Å². The van der Waals surface area contributed by atoms with Crippen molar-refractivity contribution in [3.05, 3.63) is 66.6 Å². The van der Waals surface area contributed by atoms with Crippen molar-refractivity contribution in [1.29, 1.82) is 0 Å². The highest BCUT2D eigenvalue weighted by Crippen LogP contribution is 2.16. The van der Waals surface area contributed by atoms with Gasteiger partial charge in [-0.1, -0.05) is 0 Å². The lowest BCUT2D eigenvalue weighted by atomic mass is 10.2. The smallest absolute Gasteiger partial charge is 0.191 e. The maximum atomic E-state index is 5.74. The zero-order valence-electron chi connectivity index (χ0n) is 17.1. The number of benzene rings is 1. The number of aliphatic imine (C=N–C) groups is 1. The van der Waals surface area contributed by atoms with Crippen LogP contribution >= 0.6 is 24.0 Å². The van der Waals surface area contributed by atoms with Crippen LogP contribution < -0.4 is 20.1 Å². The third kappa shape index (κ3) is 7.21. The van der Waals surface area contributed by atoms with Gasteiger partial charge in [-0.2, -0.15) is 5.10 Å². The van der Waals surface area contributed by atoms with Gasteiger partial charge in [-0.25, -0.2) is 14.7 Å². The Hall–Kier alpha value is -2.82. The molecule has 0 saturated carbocycles. The quantitative estimate of drug-likeness (QED) is 0.195. The van der Waals surface area contributed by atoms with Gasteiger partial charge in [0.25, 0.3) is 0 Å². The Bertz CT molecular complexity index is 900. The fraction of sp³-hybridized carbons (Fsp3) is 0.286. The summed E-state index contributed by atoms with van der Waals surface area (Å²) in [6, 6.07) is 13.3. The standard InChI is InChI=1S/C21H26N6O2.HI/c1-3-22-21(24-12-14-29-19-7-5-18(28-2)6-8-19)25-16-17-9-11-23-20(15-17)27-13-4-10-26-27;/h4-11,13,15H,3,12,14,16H2,1-2H3,(H2,22,24,25);1H. The molecule has 0 fully saturated rings. The Balaban J connectivity index is 0.00000320. The summed E-state index contributed by atoms with van der Waals surface area (Å²) in [6.45, 7) is 4.50. The molecule has 0 saturated heterocycles. The molecule has 1 aromatic carbocycles.